The van der Waals surface area contributed by atoms with E-state index in [9.17, 15) is 19.8 Å². The van der Waals surface area contributed by atoms with E-state index in [0.717, 1.165) is 11.1 Å². The predicted octanol–water partition coefficient (Wildman–Crippen LogP) is 6.23. The molecule has 1 aromatic heterocycles. The Balaban J connectivity index is 1.72. The number of hydrogen-bond acceptors (Lipinski definition) is 5. The average Bonchev–Trinajstić information content (AvgIpc) is 3.07. The molecular weight excluding hydrogens is 456 g/mol. The van der Waals surface area contributed by atoms with Crippen LogP contribution in [0.4, 0.5) is 11.4 Å². The van der Waals surface area contributed by atoms with Gasteiger partial charge < -0.3 is 10.2 Å². The number of carboxylic acid groups (broad SMARTS) is 1. The van der Waals surface area contributed by atoms with Gasteiger partial charge in [0.25, 0.3) is 5.56 Å². The molecule has 3 aromatic carbocycles. The Labute approximate surface area is 199 Å². The summed E-state index contributed by atoms with van der Waals surface area (Å²) in [4.78, 5) is 24.3. The van der Waals surface area contributed by atoms with Crippen LogP contribution in [-0.4, -0.2) is 26.0 Å². The number of aryl methyl sites for hydroxylation is 3. The van der Waals surface area contributed by atoms with Crippen LogP contribution >= 0.6 is 11.6 Å². The quantitative estimate of drug-likeness (QED) is 0.295. The maximum Gasteiger partial charge on any atom is 0.335 e. The molecule has 34 heavy (non-hydrogen) atoms. The molecule has 0 aliphatic carbocycles. The molecule has 0 amide bonds. The molecule has 0 bridgehead atoms. The van der Waals surface area contributed by atoms with Crippen molar-refractivity contribution in [3.8, 4) is 22.6 Å². The number of halogens is 1. The summed E-state index contributed by atoms with van der Waals surface area (Å²) >= 11 is 6.06. The van der Waals surface area contributed by atoms with Crippen molar-refractivity contribution in [3.63, 3.8) is 0 Å². The largest absolute Gasteiger partial charge is 0.505 e. The van der Waals surface area contributed by atoms with Crippen molar-refractivity contribution < 1.29 is 15.0 Å². The number of hydrogen-bond donors (Lipinski definition) is 3. The number of aromatic nitrogens is 2. The number of carboxylic acids is 1. The molecule has 0 radical (unpaired) electrons. The van der Waals surface area contributed by atoms with Crippen molar-refractivity contribution in [1.29, 1.82) is 0 Å². The normalized spacial score (nSPS) is 11.3. The van der Waals surface area contributed by atoms with Crippen LogP contribution in [0.15, 0.2) is 69.6 Å². The van der Waals surface area contributed by atoms with Crippen LogP contribution in [0.2, 0.25) is 5.02 Å². The van der Waals surface area contributed by atoms with Gasteiger partial charge in [-0.15, -0.1) is 10.2 Å². The first-order valence-corrected chi connectivity index (χ1v) is 10.7. The van der Waals surface area contributed by atoms with E-state index in [4.69, 9.17) is 11.6 Å². The maximum absolute atomic E-state index is 13.0. The number of carbonyl (C=O) groups is 1. The molecule has 8 nitrogen and oxygen atoms in total. The molecule has 0 saturated carbocycles. The first-order valence-electron chi connectivity index (χ1n) is 10.3. The third kappa shape index (κ3) is 4.35. The highest BCUT2D eigenvalue weighted by Crippen LogP contribution is 2.39. The van der Waals surface area contributed by atoms with Gasteiger partial charge in [-0.1, -0.05) is 29.8 Å². The van der Waals surface area contributed by atoms with Crippen molar-refractivity contribution in [2.75, 3.05) is 0 Å². The molecule has 172 valence electrons. The third-order valence-corrected chi connectivity index (χ3v) is 5.74. The van der Waals surface area contributed by atoms with Gasteiger partial charge in [0, 0.05) is 10.6 Å². The molecule has 0 fully saturated rings. The second-order valence-electron chi connectivity index (χ2n) is 7.90. The summed E-state index contributed by atoms with van der Waals surface area (Å²) in [7, 11) is 0. The van der Waals surface area contributed by atoms with E-state index in [1.165, 1.54) is 22.9 Å². The lowest BCUT2D eigenvalue weighted by molar-refractivity contribution is 0.0697. The Morgan fingerprint density at radius 3 is 2.47 bits per heavy atom. The van der Waals surface area contributed by atoms with Crippen molar-refractivity contribution >= 4 is 28.9 Å². The van der Waals surface area contributed by atoms with Gasteiger partial charge in [-0.25, -0.2) is 9.48 Å². The van der Waals surface area contributed by atoms with E-state index >= 15 is 0 Å². The van der Waals surface area contributed by atoms with Crippen LogP contribution in [-0.2, 0) is 0 Å². The zero-order valence-electron chi connectivity index (χ0n) is 18.6. The molecule has 9 heteroatoms. The van der Waals surface area contributed by atoms with Crippen molar-refractivity contribution in [2.45, 2.75) is 20.8 Å². The van der Waals surface area contributed by atoms with Gasteiger partial charge in [0.1, 0.15) is 5.69 Å². The summed E-state index contributed by atoms with van der Waals surface area (Å²) in [5.74, 6) is -1.35. The Kier molecular flexibility index (Phi) is 6.08. The number of nitrogens with one attached hydrogen (secondary N) is 1. The van der Waals surface area contributed by atoms with Crippen molar-refractivity contribution in [1.82, 2.24) is 9.78 Å². The van der Waals surface area contributed by atoms with E-state index < -0.39 is 5.97 Å². The molecule has 4 aromatic rings. The molecule has 0 atom stereocenters. The average molecular weight is 477 g/mol. The number of H-pyrrole nitrogens is 1. The van der Waals surface area contributed by atoms with E-state index in [1.807, 2.05) is 32.0 Å². The number of aromatic carboxylic acids is 1. The summed E-state index contributed by atoms with van der Waals surface area (Å²) in [6, 6.07) is 14.7. The fraction of sp³-hybridized carbons (Fsp3) is 0.120. The number of phenolic OH excluding ortho intramolecular Hbond substituents is 1. The summed E-state index contributed by atoms with van der Waals surface area (Å²) in [6.45, 7) is 5.67. The van der Waals surface area contributed by atoms with Crippen LogP contribution < -0.4 is 5.56 Å². The predicted molar refractivity (Wildman–Crippen MR) is 130 cm³/mol. The fourth-order valence-electron chi connectivity index (χ4n) is 3.52. The molecule has 0 saturated heterocycles. The van der Waals surface area contributed by atoms with Crippen LogP contribution in [0.25, 0.3) is 16.8 Å². The second kappa shape index (κ2) is 8.99. The van der Waals surface area contributed by atoms with Gasteiger partial charge in [-0.2, -0.15) is 0 Å². The Hall–Kier alpha value is -4.17. The van der Waals surface area contributed by atoms with Crippen LogP contribution in [0.3, 0.4) is 0 Å². The van der Waals surface area contributed by atoms with Crippen molar-refractivity contribution in [3.05, 3.63) is 92.4 Å². The Bertz CT molecular complexity index is 1520. The molecule has 0 aliphatic rings. The van der Waals surface area contributed by atoms with Gasteiger partial charge in [0.15, 0.2) is 11.4 Å². The highest BCUT2D eigenvalue weighted by Gasteiger charge is 2.15. The summed E-state index contributed by atoms with van der Waals surface area (Å²) in [5.41, 5.74) is 3.95. The minimum Gasteiger partial charge on any atom is -0.505 e. The van der Waals surface area contributed by atoms with E-state index in [-0.39, 0.29) is 33.3 Å². The number of para-hydroxylation sites is 1. The number of benzene rings is 3. The minimum atomic E-state index is -1.14. The van der Waals surface area contributed by atoms with E-state index in [1.54, 1.807) is 25.1 Å². The fourth-order valence-corrected chi connectivity index (χ4v) is 3.75. The summed E-state index contributed by atoms with van der Waals surface area (Å²) in [5, 5.41) is 31.5. The van der Waals surface area contributed by atoms with Gasteiger partial charge in [-0.05, 0) is 73.9 Å². The first kappa shape index (κ1) is 23.0. The zero-order valence-corrected chi connectivity index (χ0v) is 19.4. The topological polar surface area (TPSA) is 120 Å². The van der Waals surface area contributed by atoms with Crippen LogP contribution in [0, 0.1) is 20.8 Å². The first-order chi connectivity index (χ1) is 16.2. The lowest BCUT2D eigenvalue weighted by Crippen LogP contribution is -2.14. The lowest BCUT2D eigenvalue weighted by atomic mass is 10.0. The summed E-state index contributed by atoms with van der Waals surface area (Å²) in [6.07, 6.45) is 0. The smallest absolute Gasteiger partial charge is 0.335 e. The highest BCUT2D eigenvalue weighted by atomic mass is 35.5. The highest BCUT2D eigenvalue weighted by molar-refractivity contribution is 6.31. The molecule has 1 heterocycles. The van der Waals surface area contributed by atoms with Gasteiger partial charge in [-0.3, -0.25) is 9.89 Å². The molecule has 3 N–H and O–H groups in total. The Morgan fingerprint density at radius 2 is 1.76 bits per heavy atom. The van der Waals surface area contributed by atoms with E-state index in [2.05, 4.69) is 15.3 Å². The summed E-state index contributed by atoms with van der Waals surface area (Å²) < 4.78 is 1.39. The van der Waals surface area contributed by atoms with Gasteiger partial charge in [0.2, 0.25) is 0 Å². The van der Waals surface area contributed by atoms with Crippen molar-refractivity contribution in [2.24, 2.45) is 10.2 Å². The lowest BCUT2D eigenvalue weighted by Gasteiger charge is -2.08. The number of nitrogens with zero attached hydrogens (tertiary/aromatic N) is 3. The molecule has 0 spiro atoms. The van der Waals surface area contributed by atoms with Gasteiger partial charge >= 0.3 is 5.97 Å². The zero-order chi connectivity index (χ0) is 24.6. The maximum atomic E-state index is 13.0. The molecular formula is C25H21ClN4O4. The van der Waals surface area contributed by atoms with Crippen LogP contribution in [0.5, 0.6) is 5.75 Å². The third-order valence-electron chi connectivity index (χ3n) is 5.52. The van der Waals surface area contributed by atoms with Gasteiger partial charge in [0.05, 0.1) is 16.9 Å². The second-order valence-corrected chi connectivity index (χ2v) is 8.34. The monoisotopic (exact) mass is 476 g/mol. The number of azo groups is 1. The minimum absolute atomic E-state index is 0.0104. The molecule has 4 rings (SSSR count). The van der Waals surface area contributed by atoms with Crippen LogP contribution in [0.1, 0.15) is 27.2 Å². The molecule has 0 aliphatic heterocycles. The Morgan fingerprint density at radius 1 is 1.00 bits per heavy atom. The number of phenols is 1. The molecule has 0 unspecified atom stereocenters. The SMILES string of the molecule is Cc1ccc(-n2[nH]c(C)c(N=Nc3cccc(-c4cc(Cl)cc(C(=O)O)c4)c3O)c2=O)cc1C. The number of aromatic hydroxyl groups is 1. The number of rotatable bonds is 5. The van der Waals surface area contributed by atoms with E-state index in [0.29, 0.717) is 22.5 Å². The number of aromatic amines is 1. The standard InChI is InChI=1S/C25H21ClN4O4/c1-13-7-8-19(9-14(13)2)30-24(32)22(15(3)29-30)28-27-21-6-4-5-20(23(21)31)16-10-17(25(33)34)12-18(26)11-16/h4-12,29,31H,1-3H3,(H,33,34).